The van der Waals surface area contributed by atoms with E-state index in [0.717, 1.165) is 11.2 Å². The minimum Gasteiger partial charge on any atom is -0.319 e. The van der Waals surface area contributed by atoms with Crippen LogP contribution in [0.4, 0.5) is 5.69 Å². The fourth-order valence-electron chi connectivity index (χ4n) is 2.35. The number of rotatable bonds is 1. The zero-order valence-electron chi connectivity index (χ0n) is 11.0. The Kier molecular flexibility index (Phi) is 2.68. The molecule has 0 saturated heterocycles. The minimum atomic E-state index is -0.246. The van der Waals surface area contributed by atoms with Crippen molar-refractivity contribution in [1.82, 2.24) is 9.72 Å². The Morgan fingerprint density at radius 1 is 1.25 bits per heavy atom. The van der Waals surface area contributed by atoms with Gasteiger partial charge in [0, 0.05) is 35.7 Å². The maximum Gasteiger partial charge on any atom is 0.250 e. The van der Waals surface area contributed by atoms with Gasteiger partial charge in [0.05, 0.1) is 0 Å². The summed E-state index contributed by atoms with van der Waals surface area (Å²) in [5.41, 5.74) is 1.98. The lowest BCUT2D eigenvalue weighted by Crippen LogP contribution is -2.37. The first kappa shape index (κ1) is 12.2. The maximum atomic E-state index is 12.3. The number of anilines is 1. The predicted molar refractivity (Wildman–Crippen MR) is 77.3 cm³/mol. The van der Waals surface area contributed by atoms with Gasteiger partial charge in [0.2, 0.25) is 5.43 Å². The first-order valence-corrected chi connectivity index (χ1v) is 6.16. The quantitative estimate of drug-likeness (QED) is 0.852. The van der Waals surface area contributed by atoms with Crippen LogP contribution in [0.2, 0.25) is 0 Å². The summed E-state index contributed by atoms with van der Waals surface area (Å²) in [7, 11) is 0. The Morgan fingerprint density at radius 2 is 2.05 bits per heavy atom. The lowest BCUT2D eigenvalue weighted by molar-refractivity contribution is -0.116. The molecule has 20 heavy (non-hydrogen) atoms. The molecule has 0 unspecified atom stereocenters. The third-order valence-electron chi connectivity index (χ3n) is 3.28. The number of carbonyl (C=O) groups excluding carboxylic acids is 1. The number of aromatic nitrogens is 1. The molecule has 0 atom stereocenters. The van der Waals surface area contributed by atoms with E-state index in [4.69, 9.17) is 0 Å². The number of fused-ring (bicyclic) bond motifs is 1. The highest BCUT2D eigenvalue weighted by Gasteiger charge is 2.20. The van der Waals surface area contributed by atoms with Crippen molar-refractivity contribution in [2.24, 2.45) is 0 Å². The average Bonchev–Trinajstić information content (AvgIpc) is 2.41. The second-order valence-corrected chi connectivity index (χ2v) is 4.56. The van der Waals surface area contributed by atoms with E-state index in [2.05, 4.69) is 11.9 Å². The van der Waals surface area contributed by atoms with E-state index in [1.165, 1.54) is 6.08 Å². The van der Waals surface area contributed by atoms with E-state index in [-0.39, 0.29) is 11.3 Å². The Morgan fingerprint density at radius 3 is 2.80 bits per heavy atom. The standard InChI is InChI=1S/C15H13N3O2/c1-10-15(18-8-6-14(20)16-11(18)2)13(19)9-12-5-3-4-7-17(10)12/h3-9H,2H2,1H3,(H,16,20). The van der Waals surface area contributed by atoms with E-state index < -0.39 is 0 Å². The largest absolute Gasteiger partial charge is 0.319 e. The second-order valence-electron chi connectivity index (χ2n) is 4.56. The molecule has 1 amide bonds. The molecule has 1 aliphatic heterocycles. The Balaban J connectivity index is 2.27. The van der Waals surface area contributed by atoms with Crippen molar-refractivity contribution in [2.45, 2.75) is 6.92 Å². The molecule has 5 heteroatoms. The fraction of sp³-hybridized carbons (Fsp3) is 0.0667. The zero-order valence-corrected chi connectivity index (χ0v) is 11.0. The van der Waals surface area contributed by atoms with Crippen LogP contribution >= 0.6 is 0 Å². The number of hydrogen-bond acceptors (Lipinski definition) is 3. The number of nitrogens with zero attached hydrogens (tertiary/aromatic N) is 2. The highest BCUT2D eigenvalue weighted by atomic mass is 16.1. The van der Waals surface area contributed by atoms with Crippen LogP contribution in [0, 0.1) is 6.92 Å². The SMILES string of the molecule is C=C1NC(=O)C=CN1c1c(C)n2ccccc2cc1=O. The van der Waals surface area contributed by atoms with Crippen molar-refractivity contribution in [2.75, 3.05) is 4.90 Å². The lowest BCUT2D eigenvalue weighted by atomic mass is 10.2. The van der Waals surface area contributed by atoms with Crippen LogP contribution in [0.1, 0.15) is 5.69 Å². The molecule has 5 nitrogen and oxygen atoms in total. The Labute approximate surface area is 115 Å². The van der Waals surface area contributed by atoms with Crippen molar-refractivity contribution >= 4 is 17.1 Å². The highest BCUT2D eigenvalue weighted by molar-refractivity contribution is 5.92. The third-order valence-corrected chi connectivity index (χ3v) is 3.28. The zero-order chi connectivity index (χ0) is 14.3. The van der Waals surface area contributed by atoms with Gasteiger partial charge in [-0.25, -0.2) is 0 Å². The predicted octanol–water partition coefficient (Wildman–Crippen LogP) is 1.53. The number of pyridine rings is 2. The molecule has 0 saturated carbocycles. The molecule has 0 aliphatic carbocycles. The van der Waals surface area contributed by atoms with E-state index in [1.807, 2.05) is 35.7 Å². The van der Waals surface area contributed by atoms with Crippen LogP contribution in [-0.2, 0) is 4.79 Å². The van der Waals surface area contributed by atoms with Gasteiger partial charge in [-0.3, -0.25) is 14.5 Å². The van der Waals surface area contributed by atoms with Crippen LogP contribution in [0.3, 0.4) is 0 Å². The van der Waals surface area contributed by atoms with Gasteiger partial charge in [0.1, 0.15) is 11.5 Å². The summed E-state index contributed by atoms with van der Waals surface area (Å²) >= 11 is 0. The Bertz CT molecular complexity index is 817. The second kappa shape index (κ2) is 4.38. The molecule has 100 valence electrons. The molecule has 2 aromatic rings. The van der Waals surface area contributed by atoms with E-state index in [1.54, 1.807) is 17.2 Å². The summed E-state index contributed by atoms with van der Waals surface area (Å²) < 4.78 is 1.92. The summed E-state index contributed by atoms with van der Waals surface area (Å²) in [4.78, 5) is 25.2. The van der Waals surface area contributed by atoms with E-state index in [0.29, 0.717) is 11.5 Å². The van der Waals surface area contributed by atoms with Gasteiger partial charge in [0.25, 0.3) is 5.91 Å². The summed E-state index contributed by atoms with van der Waals surface area (Å²) in [6.07, 6.45) is 4.82. The van der Waals surface area contributed by atoms with Crippen molar-refractivity contribution in [3.63, 3.8) is 0 Å². The summed E-state index contributed by atoms with van der Waals surface area (Å²) in [6, 6.07) is 7.23. The van der Waals surface area contributed by atoms with Crippen LogP contribution in [0.15, 0.2) is 59.9 Å². The molecule has 2 aromatic heterocycles. The highest BCUT2D eigenvalue weighted by Crippen LogP contribution is 2.21. The number of amides is 1. The number of carbonyl (C=O) groups is 1. The van der Waals surface area contributed by atoms with Gasteiger partial charge >= 0.3 is 0 Å². The molecule has 0 fully saturated rings. The minimum absolute atomic E-state index is 0.115. The van der Waals surface area contributed by atoms with Crippen molar-refractivity contribution < 1.29 is 4.79 Å². The molecule has 3 rings (SSSR count). The van der Waals surface area contributed by atoms with Crippen LogP contribution in [-0.4, -0.2) is 10.3 Å². The fourth-order valence-corrected chi connectivity index (χ4v) is 2.35. The first-order chi connectivity index (χ1) is 9.58. The summed E-state index contributed by atoms with van der Waals surface area (Å²) in [6.45, 7) is 5.64. The van der Waals surface area contributed by atoms with Crippen LogP contribution in [0.5, 0.6) is 0 Å². The van der Waals surface area contributed by atoms with Gasteiger partial charge in [-0.1, -0.05) is 12.6 Å². The van der Waals surface area contributed by atoms with Gasteiger partial charge in [-0.05, 0) is 19.1 Å². The topological polar surface area (TPSA) is 53.8 Å². The molecule has 0 bridgehead atoms. The van der Waals surface area contributed by atoms with Crippen molar-refractivity contribution in [3.05, 3.63) is 71.1 Å². The number of hydrogen-bond donors (Lipinski definition) is 1. The van der Waals surface area contributed by atoms with E-state index in [9.17, 15) is 9.59 Å². The molecule has 1 aliphatic rings. The third kappa shape index (κ3) is 1.80. The van der Waals surface area contributed by atoms with Crippen molar-refractivity contribution in [1.29, 1.82) is 0 Å². The van der Waals surface area contributed by atoms with Crippen LogP contribution in [0.25, 0.3) is 5.52 Å². The van der Waals surface area contributed by atoms with E-state index >= 15 is 0 Å². The van der Waals surface area contributed by atoms with Crippen molar-refractivity contribution in [3.8, 4) is 0 Å². The smallest absolute Gasteiger partial charge is 0.250 e. The molecule has 1 N–H and O–H groups in total. The van der Waals surface area contributed by atoms with Gasteiger partial charge in [-0.2, -0.15) is 0 Å². The molecule has 0 aromatic carbocycles. The molecular formula is C15H13N3O2. The first-order valence-electron chi connectivity index (χ1n) is 6.16. The maximum absolute atomic E-state index is 12.3. The van der Waals surface area contributed by atoms with Gasteiger partial charge in [-0.15, -0.1) is 0 Å². The van der Waals surface area contributed by atoms with Gasteiger partial charge in [0.15, 0.2) is 0 Å². The van der Waals surface area contributed by atoms with Gasteiger partial charge < -0.3 is 9.72 Å². The number of nitrogens with one attached hydrogen (secondary N) is 1. The number of aryl methyl sites for hydroxylation is 1. The summed E-state index contributed by atoms with van der Waals surface area (Å²) in [5.74, 6) is 0.123. The summed E-state index contributed by atoms with van der Waals surface area (Å²) in [5, 5.41) is 2.59. The monoisotopic (exact) mass is 267 g/mol. The van der Waals surface area contributed by atoms with Crippen LogP contribution < -0.4 is 15.6 Å². The Hall–Kier alpha value is -2.82. The molecule has 0 radical (unpaired) electrons. The average molecular weight is 267 g/mol. The normalized spacial score (nSPS) is 14.8. The molecule has 0 spiro atoms. The molecule has 3 heterocycles. The molecular weight excluding hydrogens is 254 g/mol. The lowest BCUT2D eigenvalue weighted by Gasteiger charge is -2.27.